The lowest BCUT2D eigenvalue weighted by Crippen LogP contribution is -2.07. The number of nitrogens with zero attached hydrogens (tertiary/aromatic N) is 1. The number of esters is 1. The van der Waals surface area contributed by atoms with Gasteiger partial charge in [0.25, 0.3) is 0 Å². The van der Waals surface area contributed by atoms with Crippen LogP contribution in [0.3, 0.4) is 0 Å². The minimum Gasteiger partial charge on any atom is -0.494 e. The van der Waals surface area contributed by atoms with Crippen LogP contribution in [-0.4, -0.2) is 32.0 Å². The largest absolute Gasteiger partial charge is 0.494 e. The molecule has 0 radical (unpaired) electrons. The summed E-state index contributed by atoms with van der Waals surface area (Å²) in [6.07, 6.45) is 6.87. The maximum Gasteiger partial charge on any atom is 0.333 e. The highest BCUT2D eigenvalue weighted by molar-refractivity contribution is 5.86. The summed E-state index contributed by atoms with van der Waals surface area (Å²) < 4.78 is 16.5. The molecule has 5 heteroatoms. The lowest BCUT2D eigenvalue weighted by Gasteiger charge is -2.07. The van der Waals surface area contributed by atoms with Crippen molar-refractivity contribution in [1.82, 2.24) is 0 Å². The van der Waals surface area contributed by atoms with Gasteiger partial charge < -0.3 is 14.2 Å². The van der Waals surface area contributed by atoms with Gasteiger partial charge in [0.05, 0.1) is 25.5 Å². The Kier molecular flexibility index (Phi) is 10.9. The molecule has 2 rings (SSSR count). The quantitative estimate of drug-likeness (QED) is 0.155. The zero-order chi connectivity index (χ0) is 22.3. The number of hydrogen-bond acceptors (Lipinski definition) is 5. The molecule has 0 atom stereocenters. The Morgan fingerprint density at radius 3 is 2.00 bits per heavy atom. The number of ether oxygens (including phenoxy) is 3. The van der Waals surface area contributed by atoms with Crippen LogP contribution in [0.15, 0.2) is 65.7 Å². The van der Waals surface area contributed by atoms with E-state index in [4.69, 9.17) is 14.2 Å². The average molecular weight is 424 g/mol. The monoisotopic (exact) mass is 423 g/mol. The average Bonchev–Trinajstić information content (AvgIpc) is 2.79. The number of benzene rings is 2. The third-order valence-electron chi connectivity index (χ3n) is 4.49. The van der Waals surface area contributed by atoms with Crippen LogP contribution in [0, 0.1) is 0 Å². The number of carbonyl (C=O) groups excluding carboxylic acids is 1. The first-order chi connectivity index (χ1) is 15.1. The van der Waals surface area contributed by atoms with Crippen molar-refractivity contribution in [3.05, 3.63) is 66.2 Å². The maximum absolute atomic E-state index is 11.3. The fourth-order valence-corrected chi connectivity index (χ4v) is 2.65. The summed E-state index contributed by atoms with van der Waals surface area (Å²) >= 11 is 0. The lowest BCUT2D eigenvalue weighted by molar-refractivity contribution is -0.139. The Hall–Kier alpha value is -3.08. The van der Waals surface area contributed by atoms with Gasteiger partial charge in [0.2, 0.25) is 0 Å². The zero-order valence-corrected chi connectivity index (χ0v) is 18.6. The standard InChI is InChI=1S/C26H33NO4/c1-4-5-6-17-29-25-15-11-23(12-16-25)27-20-22-9-13-24(14-10-22)30-18-7-8-19-31-26(28)21(2)3/h9-16,20H,2,4-8,17-19H2,1,3H3. The van der Waals surface area contributed by atoms with E-state index in [-0.39, 0.29) is 5.97 Å². The van der Waals surface area contributed by atoms with Crippen LogP contribution in [0.1, 0.15) is 51.5 Å². The van der Waals surface area contributed by atoms with Gasteiger partial charge in [-0.2, -0.15) is 0 Å². The molecule has 0 saturated heterocycles. The summed E-state index contributed by atoms with van der Waals surface area (Å²) in [6.45, 7) is 9.09. The van der Waals surface area contributed by atoms with Crippen molar-refractivity contribution in [1.29, 1.82) is 0 Å². The number of hydrogen-bond donors (Lipinski definition) is 0. The molecular formula is C26H33NO4. The minimum atomic E-state index is -0.343. The normalized spacial score (nSPS) is 10.8. The van der Waals surface area contributed by atoms with Gasteiger partial charge in [-0.25, -0.2) is 4.79 Å². The van der Waals surface area contributed by atoms with Gasteiger partial charge in [0.1, 0.15) is 11.5 Å². The summed E-state index contributed by atoms with van der Waals surface area (Å²) in [5.74, 6) is 1.34. The van der Waals surface area contributed by atoms with Crippen molar-refractivity contribution in [2.45, 2.75) is 46.0 Å². The summed E-state index contributed by atoms with van der Waals surface area (Å²) in [5, 5.41) is 0. The molecule has 0 aliphatic heterocycles. The second-order valence-corrected chi connectivity index (χ2v) is 7.35. The highest BCUT2D eigenvalue weighted by atomic mass is 16.5. The minimum absolute atomic E-state index is 0.343. The zero-order valence-electron chi connectivity index (χ0n) is 18.6. The van der Waals surface area contributed by atoms with Crippen LogP contribution < -0.4 is 9.47 Å². The van der Waals surface area contributed by atoms with E-state index in [0.29, 0.717) is 18.8 Å². The molecule has 0 unspecified atom stereocenters. The third-order valence-corrected chi connectivity index (χ3v) is 4.49. The molecule has 0 bridgehead atoms. The van der Waals surface area contributed by atoms with Gasteiger partial charge in [-0.05, 0) is 80.3 Å². The van der Waals surface area contributed by atoms with Gasteiger partial charge in [-0.15, -0.1) is 0 Å². The van der Waals surface area contributed by atoms with Crippen molar-refractivity contribution < 1.29 is 19.0 Å². The van der Waals surface area contributed by atoms with E-state index in [0.717, 1.165) is 48.6 Å². The first-order valence-corrected chi connectivity index (χ1v) is 10.9. The first kappa shape index (κ1) is 24.2. The van der Waals surface area contributed by atoms with Gasteiger partial charge in [0.15, 0.2) is 0 Å². The van der Waals surface area contributed by atoms with E-state index in [9.17, 15) is 4.79 Å². The molecule has 2 aromatic rings. The molecule has 0 aliphatic carbocycles. The lowest BCUT2D eigenvalue weighted by atomic mass is 10.2. The van der Waals surface area contributed by atoms with Crippen molar-refractivity contribution in [2.24, 2.45) is 4.99 Å². The predicted octanol–water partition coefficient (Wildman–Crippen LogP) is 6.28. The molecule has 0 heterocycles. The topological polar surface area (TPSA) is 57.1 Å². The molecule has 0 fully saturated rings. The van der Waals surface area contributed by atoms with E-state index >= 15 is 0 Å². The molecule has 31 heavy (non-hydrogen) atoms. The maximum atomic E-state index is 11.3. The summed E-state index contributed by atoms with van der Waals surface area (Å²) in [4.78, 5) is 15.8. The van der Waals surface area contributed by atoms with E-state index in [1.807, 2.05) is 54.7 Å². The molecule has 166 valence electrons. The van der Waals surface area contributed by atoms with Crippen molar-refractivity contribution in [2.75, 3.05) is 19.8 Å². The molecule has 0 amide bonds. The summed E-state index contributed by atoms with van der Waals surface area (Å²) in [5.41, 5.74) is 2.30. The van der Waals surface area contributed by atoms with Crippen LogP contribution in [-0.2, 0) is 9.53 Å². The Morgan fingerprint density at radius 2 is 1.42 bits per heavy atom. The molecular weight excluding hydrogens is 390 g/mol. The smallest absolute Gasteiger partial charge is 0.333 e. The second kappa shape index (κ2) is 14.0. The molecule has 5 nitrogen and oxygen atoms in total. The molecule has 0 aliphatic rings. The number of unbranched alkanes of at least 4 members (excludes halogenated alkanes) is 3. The Labute approximate surface area is 185 Å². The Bertz CT molecular complexity index is 825. The van der Waals surface area contributed by atoms with Gasteiger partial charge in [0, 0.05) is 11.8 Å². The molecule has 0 N–H and O–H groups in total. The van der Waals surface area contributed by atoms with Crippen molar-refractivity contribution in [3.63, 3.8) is 0 Å². The van der Waals surface area contributed by atoms with Crippen LogP contribution >= 0.6 is 0 Å². The van der Waals surface area contributed by atoms with Crippen LogP contribution in [0.25, 0.3) is 0 Å². The molecule has 0 aromatic heterocycles. The predicted molar refractivity (Wildman–Crippen MR) is 126 cm³/mol. The molecule has 0 saturated carbocycles. The van der Waals surface area contributed by atoms with E-state index < -0.39 is 0 Å². The second-order valence-electron chi connectivity index (χ2n) is 7.35. The SMILES string of the molecule is C=C(C)C(=O)OCCCCOc1ccc(C=Nc2ccc(OCCCCC)cc2)cc1. The fraction of sp³-hybridized carbons (Fsp3) is 0.385. The molecule has 2 aromatic carbocycles. The van der Waals surface area contributed by atoms with E-state index in [1.54, 1.807) is 6.92 Å². The van der Waals surface area contributed by atoms with Gasteiger partial charge in [-0.3, -0.25) is 4.99 Å². The van der Waals surface area contributed by atoms with Crippen molar-refractivity contribution in [3.8, 4) is 11.5 Å². The van der Waals surface area contributed by atoms with Crippen molar-refractivity contribution >= 4 is 17.9 Å². The third kappa shape index (κ3) is 9.98. The number of rotatable bonds is 14. The first-order valence-electron chi connectivity index (χ1n) is 10.9. The van der Waals surface area contributed by atoms with Gasteiger partial charge in [-0.1, -0.05) is 26.3 Å². The van der Waals surface area contributed by atoms with Crippen LogP contribution in [0.4, 0.5) is 5.69 Å². The van der Waals surface area contributed by atoms with E-state index in [1.165, 1.54) is 12.8 Å². The summed E-state index contributed by atoms with van der Waals surface area (Å²) in [7, 11) is 0. The summed E-state index contributed by atoms with van der Waals surface area (Å²) in [6, 6.07) is 15.6. The highest BCUT2D eigenvalue weighted by Gasteiger charge is 2.02. The fourth-order valence-electron chi connectivity index (χ4n) is 2.65. The Morgan fingerprint density at radius 1 is 0.871 bits per heavy atom. The van der Waals surface area contributed by atoms with Gasteiger partial charge >= 0.3 is 5.97 Å². The Balaban J connectivity index is 1.68. The number of aliphatic imine (C=N–C) groups is 1. The highest BCUT2D eigenvalue weighted by Crippen LogP contribution is 2.19. The number of carbonyl (C=O) groups is 1. The molecule has 0 spiro atoms. The van der Waals surface area contributed by atoms with E-state index in [2.05, 4.69) is 18.5 Å². The van der Waals surface area contributed by atoms with Crippen LogP contribution in [0.5, 0.6) is 11.5 Å². The van der Waals surface area contributed by atoms with Crippen LogP contribution in [0.2, 0.25) is 0 Å².